The first-order valence-electron chi connectivity index (χ1n) is 9.78. The summed E-state index contributed by atoms with van der Waals surface area (Å²) in [4.78, 5) is 12.9. The number of hydrogen-bond acceptors (Lipinski definition) is 4. The van der Waals surface area contributed by atoms with Gasteiger partial charge in [0.2, 0.25) is 0 Å². The minimum Gasteiger partial charge on any atom is -0.293 e. The molecule has 29 heavy (non-hydrogen) atoms. The molecule has 0 aliphatic heterocycles. The van der Waals surface area contributed by atoms with Crippen LogP contribution in [0.4, 0.5) is 0 Å². The number of benzene rings is 3. The second-order valence-electron chi connectivity index (χ2n) is 6.94. The van der Waals surface area contributed by atoms with Crippen LogP contribution in [-0.2, 0) is 6.42 Å². The van der Waals surface area contributed by atoms with Crippen LogP contribution in [0.2, 0.25) is 0 Å². The molecular weight excluding hydrogens is 376 g/mol. The predicted octanol–water partition coefficient (Wildman–Crippen LogP) is 6.22. The van der Waals surface area contributed by atoms with Gasteiger partial charge in [-0.25, -0.2) is 0 Å². The molecule has 1 atom stereocenters. The predicted molar refractivity (Wildman–Crippen MR) is 120 cm³/mol. The minimum absolute atomic E-state index is 0.107. The summed E-state index contributed by atoms with van der Waals surface area (Å²) in [5.74, 6) is 0.107. The molecule has 0 aliphatic carbocycles. The Kier molecular flexibility index (Phi) is 5.72. The highest BCUT2D eigenvalue weighted by molar-refractivity contribution is 8.00. The summed E-state index contributed by atoms with van der Waals surface area (Å²) < 4.78 is 0. The third-order valence-corrected chi connectivity index (χ3v) is 6.10. The number of thioether (sulfide) groups is 1. The molecule has 0 bridgehead atoms. The van der Waals surface area contributed by atoms with Gasteiger partial charge in [0, 0.05) is 21.9 Å². The Balaban J connectivity index is 1.65. The third kappa shape index (κ3) is 4.08. The summed E-state index contributed by atoms with van der Waals surface area (Å²) in [5.41, 5.74) is 3.86. The zero-order valence-electron chi connectivity index (χ0n) is 16.5. The number of rotatable bonds is 6. The molecule has 0 unspecified atom stereocenters. The molecule has 3 aromatic carbocycles. The first-order chi connectivity index (χ1) is 14.2. The first-order valence-corrected chi connectivity index (χ1v) is 10.7. The fraction of sp³-hybridized carbons (Fsp3) is 0.160. The number of nitrogens with zero attached hydrogens (tertiary/aromatic N) is 2. The van der Waals surface area contributed by atoms with E-state index in [2.05, 4.69) is 23.2 Å². The van der Waals surface area contributed by atoms with Crippen molar-refractivity contribution in [3.63, 3.8) is 0 Å². The van der Waals surface area contributed by atoms with Crippen molar-refractivity contribution in [2.45, 2.75) is 30.5 Å². The fourth-order valence-electron chi connectivity index (χ4n) is 3.34. The number of hydrogen-bond donors (Lipinski definition) is 0. The van der Waals surface area contributed by atoms with E-state index in [0.717, 1.165) is 39.0 Å². The Bertz CT molecular complexity index is 1140. The molecule has 0 spiro atoms. The zero-order chi connectivity index (χ0) is 20.2. The number of carbonyl (C=O) groups is 1. The summed E-state index contributed by atoms with van der Waals surface area (Å²) in [5, 5.41) is 11.6. The topological polar surface area (TPSA) is 42.9 Å². The van der Waals surface area contributed by atoms with Gasteiger partial charge in [0.15, 0.2) is 5.78 Å². The van der Waals surface area contributed by atoms with Crippen LogP contribution in [-0.4, -0.2) is 21.2 Å². The molecule has 0 radical (unpaired) electrons. The van der Waals surface area contributed by atoms with Crippen molar-refractivity contribution in [3.05, 3.63) is 90.0 Å². The van der Waals surface area contributed by atoms with E-state index in [0.29, 0.717) is 0 Å². The highest BCUT2D eigenvalue weighted by Gasteiger charge is 2.20. The summed E-state index contributed by atoms with van der Waals surface area (Å²) in [6, 6.07) is 26.1. The Hall–Kier alpha value is -2.98. The monoisotopic (exact) mass is 398 g/mol. The van der Waals surface area contributed by atoms with Crippen molar-refractivity contribution < 1.29 is 4.79 Å². The van der Waals surface area contributed by atoms with E-state index in [1.807, 2.05) is 79.7 Å². The molecule has 0 N–H and O–H groups in total. The highest BCUT2D eigenvalue weighted by Crippen LogP contribution is 2.34. The van der Waals surface area contributed by atoms with Gasteiger partial charge in [0.05, 0.1) is 5.25 Å². The normalized spacial score (nSPS) is 12.1. The van der Waals surface area contributed by atoms with E-state index >= 15 is 0 Å². The lowest BCUT2D eigenvalue weighted by Crippen LogP contribution is -2.14. The molecule has 0 saturated heterocycles. The van der Waals surface area contributed by atoms with Gasteiger partial charge in [-0.1, -0.05) is 97.5 Å². The maximum absolute atomic E-state index is 12.9. The van der Waals surface area contributed by atoms with E-state index in [-0.39, 0.29) is 11.0 Å². The average molecular weight is 399 g/mol. The van der Waals surface area contributed by atoms with Crippen molar-refractivity contribution in [1.82, 2.24) is 10.2 Å². The molecular formula is C25H22N2OS. The summed E-state index contributed by atoms with van der Waals surface area (Å²) in [7, 11) is 0. The van der Waals surface area contributed by atoms with Crippen LogP contribution in [0.25, 0.3) is 22.0 Å². The lowest BCUT2D eigenvalue weighted by Gasteiger charge is -2.13. The van der Waals surface area contributed by atoms with E-state index in [1.165, 1.54) is 17.3 Å². The van der Waals surface area contributed by atoms with Crippen LogP contribution in [0, 0.1) is 0 Å². The molecule has 4 aromatic rings. The molecule has 1 aromatic heterocycles. The molecule has 0 fully saturated rings. The molecule has 144 valence electrons. The zero-order valence-corrected chi connectivity index (χ0v) is 17.3. The number of carbonyl (C=O) groups excluding carboxylic acids is 1. The molecule has 3 nitrogen and oxygen atoms in total. The smallest absolute Gasteiger partial charge is 0.175 e. The van der Waals surface area contributed by atoms with E-state index in [9.17, 15) is 4.79 Å². The number of ketones is 1. The van der Waals surface area contributed by atoms with Crippen molar-refractivity contribution in [2.75, 3.05) is 0 Å². The molecule has 4 heteroatoms. The lowest BCUT2D eigenvalue weighted by molar-refractivity contribution is 0.0994. The van der Waals surface area contributed by atoms with Crippen LogP contribution in [0.15, 0.2) is 83.9 Å². The molecule has 0 amide bonds. The standard InChI is InChI=1S/C25H22N2OS/c1-3-18-13-15-20(16-14-18)24(28)17(2)29-25-22-12-8-7-11-21(22)23(26-27-25)19-9-5-4-6-10-19/h4-17H,3H2,1-2H3/t17-/m0/s1. The van der Waals surface area contributed by atoms with Crippen molar-refractivity contribution in [1.29, 1.82) is 0 Å². The van der Waals surface area contributed by atoms with Crippen LogP contribution >= 0.6 is 11.8 Å². The van der Waals surface area contributed by atoms with Crippen molar-refractivity contribution >= 4 is 28.3 Å². The van der Waals surface area contributed by atoms with Gasteiger partial charge >= 0.3 is 0 Å². The Morgan fingerprint density at radius 3 is 2.21 bits per heavy atom. The van der Waals surface area contributed by atoms with Gasteiger partial charge in [-0.15, -0.1) is 10.2 Å². The van der Waals surface area contributed by atoms with Gasteiger partial charge < -0.3 is 0 Å². The van der Waals surface area contributed by atoms with Crippen molar-refractivity contribution in [3.8, 4) is 11.3 Å². The Morgan fingerprint density at radius 2 is 1.52 bits per heavy atom. The summed E-state index contributed by atoms with van der Waals surface area (Å²) >= 11 is 1.47. The van der Waals surface area contributed by atoms with Crippen LogP contribution in [0.5, 0.6) is 0 Å². The average Bonchev–Trinajstić information content (AvgIpc) is 2.79. The van der Waals surface area contributed by atoms with Gasteiger partial charge in [0.25, 0.3) is 0 Å². The second-order valence-corrected chi connectivity index (χ2v) is 8.27. The summed E-state index contributed by atoms with van der Waals surface area (Å²) in [6.45, 7) is 4.04. The Labute approximate surface area is 175 Å². The van der Waals surface area contributed by atoms with Gasteiger partial charge in [0.1, 0.15) is 10.7 Å². The second kappa shape index (κ2) is 8.58. The highest BCUT2D eigenvalue weighted by atomic mass is 32.2. The minimum atomic E-state index is -0.247. The van der Waals surface area contributed by atoms with E-state index in [4.69, 9.17) is 0 Å². The molecule has 0 aliphatic rings. The maximum atomic E-state index is 12.9. The largest absolute Gasteiger partial charge is 0.293 e. The first kappa shape index (κ1) is 19.3. The quantitative estimate of drug-likeness (QED) is 0.285. The Morgan fingerprint density at radius 1 is 0.862 bits per heavy atom. The van der Waals surface area contributed by atoms with Crippen LogP contribution in [0.3, 0.4) is 0 Å². The number of aryl methyl sites for hydroxylation is 1. The van der Waals surface area contributed by atoms with E-state index < -0.39 is 0 Å². The van der Waals surface area contributed by atoms with E-state index in [1.54, 1.807) is 0 Å². The SMILES string of the molecule is CCc1ccc(C(=O)[C@H](C)Sc2nnc(-c3ccccc3)c3ccccc23)cc1. The van der Waals surface area contributed by atoms with Gasteiger partial charge in [-0.2, -0.15) is 0 Å². The third-order valence-electron chi connectivity index (χ3n) is 5.00. The molecule has 4 rings (SSSR count). The maximum Gasteiger partial charge on any atom is 0.175 e. The summed E-state index contributed by atoms with van der Waals surface area (Å²) in [6.07, 6.45) is 0.966. The number of Topliss-reactive ketones (excluding diaryl/α,β-unsaturated/α-hetero) is 1. The van der Waals surface area contributed by atoms with Crippen LogP contribution < -0.4 is 0 Å². The van der Waals surface area contributed by atoms with Gasteiger partial charge in [-0.3, -0.25) is 4.79 Å². The number of aromatic nitrogens is 2. The lowest BCUT2D eigenvalue weighted by atomic mass is 10.1. The van der Waals surface area contributed by atoms with Gasteiger partial charge in [-0.05, 0) is 18.9 Å². The van der Waals surface area contributed by atoms with Crippen molar-refractivity contribution in [2.24, 2.45) is 0 Å². The van der Waals surface area contributed by atoms with Crippen LogP contribution in [0.1, 0.15) is 29.8 Å². The fourth-order valence-corrected chi connectivity index (χ4v) is 4.31. The molecule has 0 saturated carbocycles. The number of fused-ring (bicyclic) bond motifs is 1. The molecule has 1 heterocycles.